The van der Waals surface area contributed by atoms with Crippen molar-refractivity contribution in [1.29, 1.82) is 0 Å². The Hall–Kier alpha value is -2.16. The van der Waals surface area contributed by atoms with Gasteiger partial charge in [0.1, 0.15) is 5.82 Å². The number of carbonyl (C=O) groups excluding carboxylic acids is 1. The number of hydrogen-bond donors (Lipinski definition) is 2. The number of Topliss-reactive ketones (excluding diaryl/α,β-unsaturated/α-hetero) is 1. The molecule has 9 heteroatoms. The first-order valence-corrected chi connectivity index (χ1v) is 11.1. The van der Waals surface area contributed by atoms with Crippen molar-refractivity contribution < 1.29 is 19.1 Å². The van der Waals surface area contributed by atoms with Gasteiger partial charge >= 0.3 is 5.97 Å². The number of ketones is 1. The number of benzene rings is 1. The molecule has 2 heterocycles. The summed E-state index contributed by atoms with van der Waals surface area (Å²) in [6.07, 6.45) is 6.21. The Morgan fingerprint density at radius 2 is 2.00 bits per heavy atom. The van der Waals surface area contributed by atoms with Crippen LogP contribution in [0.5, 0.6) is 0 Å². The van der Waals surface area contributed by atoms with Crippen molar-refractivity contribution in [2.24, 2.45) is 5.92 Å². The highest BCUT2D eigenvalue weighted by molar-refractivity contribution is 7.81. The number of aromatic nitrogens is 2. The van der Waals surface area contributed by atoms with E-state index in [9.17, 15) is 14.0 Å². The number of aliphatic carboxylic acids is 1. The molecule has 1 aromatic heterocycles. The first-order chi connectivity index (χ1) is 14.9. The minimum Gasteiger partial charge on any atom is -0.481 e. The number of aryl methyl sites for hydroxylation is 1. The van der Waals surface area contributed by atoms with Crippen molar-refractivity contribution in [2.75, 3.05) is 13.1 Å². The summed E-state index contributed by atoms with van der Waals surface area (Å²) < 4.78 is 16.2. The second kappa shape index (κ2) is 10.6. The predicted octanol–water partition coefficient (Wildman–Crippen LogP) is 4.03. The summed E-state index contributed by atoms with van der Waals surface area (Å²) in [5.74, 6) is -1.10. The monoisotopic (exact) mass is 479 g/mol. The average molecular weight is 480 g/mol. The van der Waals surface area contributed by atoms with Gasteiger partial charge in [-0.1, -0.05) is 18.2 Å². The molecule has 1 aliphatic carbocycles. The molecule has 2 aromatic rings. The highest BCUT2D eigenvalue weighted by atomic mass is 35.5. The van der Waals surface area contributed by atoms with Gasteiger partial charge in [-0.3, -0.25) is 19.2 Å². The van der Waals surface area contributed by atoms with Gasteiger partial charge in [0, 0.05) is 36.0 Å². The van der Waals surface area contributed by atoms with E-state index in [1.165, 1.54) is 6.07 Å². The van der Waals surface area contributed by atoms with Crippen LogP contribution < -0.4 is 0 Å². The van der Waals surface area contributed by atoms with Gasteiger partial charge in [-0.25, -0.2) is 4.39 Å². The first-order valence-electron chi connectivity index (χ1n) is 10.6. The van der Waals surface area contributed by atoms with Crippen molar-refractivity contribution >= 4 is 42.9 Å². The number of carbonyl (C=O) groups is 2. The molecule has 1 aliphatic heterocycles. The van der Waals surface area contributed by atoms with Gasteiger partial charge in [-0.05, 0) is 43.0 Å². The smallest absolute Gasteiger partial charge is 0.305 e. The van der Waals surface area contributed by atoms with Crippen LogP contribution in [0.15, 0.2) is 42.1 Å². The number of nitrogens with zero attached hydrogens (tertiary/aromatic N) is 3. The lowest BCUT2D eigenvalue weighted by atomic mass is 9.93. The fraction of sp³-hybridized carbons (Fsp3) is 0.435. The Balaban J connectivity index is 0.00000289. The molecule has 0 amide bonds. The molecule has 0 radical (unpaired) electrons. The van der Waals surface area contributed by atoms with Crippen LogP contribution in [0.1, 0.15) is 43.0 Å². The standard InChI is InChI=1S/C23H26FN3O3S.ClH/c24-19-4-2-1-3-18(19)22(23(30)15-5-6-15)26-10-8-20(31)16(14-26)13-17-7-11-27(25-17)12-9-21(28)29;/h1-4,7,11,13,15,20,22,31H,5-6,8-10,12,14H2,(H,28,29);1H/b16-13+;. The molecule has 1 N–H and O–H groups in total. The predicted molar refractivity (Wildman–Crippen MR) is 126 cm³/mol. The zero-order valence-corrected chi connectivity index (χ0v) is 19.3. The lowest BCUT2D eigenvalue weighted by Gasteiger charge is -2.37. The topological polar surface area (TPSA) is 75.4 Å². The van der Waals surface area contributed by atoms with E-state index in [0.29, 0.717) is 25.2 Å². The zero-order chi connectivity index (χ0) is 22.0. The molecule has 1 saturated carbocycles. The van der Waals surface area contributed by atoms with E-state index in [-0.39, 0.29) is 41.6 Å². The number of carboxylic acid groups (broad SMARTS) is 1. The van der Waals surface area contributed by atoms with Gasteiger partial charge in [-0.2, -0.15) is 17.7 Å². The maximum absolute atomic E-state index is 14.6. The number of thiol groups is 1. The minimum absolute atomic E-state index is 0. The van der Waals surface area contributed by atoms with Crippen molar-refractivity contribution in [3.63, 3.8) is 0 Å². The molecule has 2 aliphatic rings. The van der Waals surface area contributed by atoms with Crippen molar-refractivity contribution in [1.82, 2.24) is 14.7 Å². The minimum atomic E-state index is -0.867. The van der Waals surface area contributed by atoms with Gasteiger partial charge in [0.15, 0.2) is 5.78 Å². The van der Waals surface area contributed by atoms with E-state index in [4.69, 9.17) is 17.7 Å². The highest BCUT2D eigenvalue weighted by Gasteiger charge is 2.40. The average Bonchev–Trinajstić information content (AvgIpc) is 3.50. The summed E-state index contributed by atoms with van der Waals surface area (Å²) in [7, 11) is 0. The SMILES string of the molecule is Cl.O=C(O)CCn1ccc(/C=C2\CN(C(C(=O)C3CC3)c3ccccc3F)CCC2S)n1. The van der Waals surface area contributed by atoms with Crippen LogP contribution >= 0.6 is 25.0 Å². The van der Waals surface area contributed by atoms with Gasteiger partial charge in [-0.15, -0.1) is 12.4 Å². The molecule has 0 bridgehead atoms. The number of halogens is 2. The number of carboxylic acids is 1. The zero-order valence-electron chi connectivity index (χ0n) is 17.6. The number of likely N-dealkylation sites (tertiary alicyclic amines) is 1. The Bertz CT molecular complexity index is 1010. The van der Waals surface area contributed by atoms with E-state index in [1.807, 2.05) is 12.1 Å². The van der Waals surface area contributed by atoms with Crippen LogP contribution in [0, 0.1) is 11.7 Å². The van der Waals surface area contributed by atoms with Crippen LogP contribution in [0.4, 0.5) is 4.39 Å². The Morgan fingerprint density at radius 1 is 1.25 bits per heavy atom. The highest BCUT2D eigenvalue weighted by Crippen LogP contribution is 2.39. The summed E-state index contributed by atoms with van der Waals surface area (Å²) in [6.45, 7) is 1.48. The van der Waals surface area contributed by atoms with Crippen LogP contribution in [-0.2, 0) is 16.1 Å². The summed E-state index contributed by atoms with van der Waals surface area (Å²) in [5, 5.41) is 13.3. The second-order valence-electron chi connectivity index (χ2n) is 8.24. The fourth-order valence-corrected chi connectivity index (χ4v) is 4.32. The molecular formula is C23H27ClFN3O3S. The molecule has 2 atom stereocenters. The molecule has 6 nitrogen and oxygen atoms in total. The molecule has 0 spiro atoms. The molecule has 2 fully saturated rings. The van der Waals surface area contributed by atoms with Crippen LogP contribution in [0.3, 0.4) is 0 Å². The molecule has 4 rings (SSSR count). The fourth-order valence-electron chi connectivity index (χ4n) is 4.05. The molecule has 172 valence electrons. The Labute approximate surface area is 198 Å². The van der Waals surface area contributed by atoms with Gasteiger partial charge in [0.25, 0.3) is 0 Å². The summed E-state index contributed by atoms with van der Waals surface area (Å²) in [5.41, 5.74) is 2.18. The van der Waals surface area contributed by atoms with Crippen LogP contribution in [-0.4, -0.2) is 49.9 Å². The number of rotatable bonds is 8. The summed E-state index contributed by atoms with van der Waals surface area (Å²) in [6, 6.07) is 7.78. The molecule has 32 heavy (non-hydrogen) atoms. The van der Waals surface area contributed by atoms with E-state index in [2.05, 4.69) is 10.00 Å². The molecule has 1 aromatic carbocycles. The molecule has 2 unspecified atom stereocenters. The van der Waals surface area contributed by atoms with E-state index >= 15 is 0 Å². The lowest BCUT2D eigenvalue weighted by molar-refractivity contribution is -0.137. The van der Waals surface area contributed by atoms with Gasteiger partial charge in [0.05, 0.1) is 24.7 Å². The Kier molecular flexibility index (Phi) is 8.14. The second-order valence-corrected chi connectivity index (χ2v) is 8.87. The summed E-state index contributed by atoms with van der Waals surface area (Å²) >= 11 is 4.72. The molecular weight excluding hydrogens is 453 g/mol. The van der Waals surface area contributed by atoms with E-state index < -0.39 is 12.0 Å². The first kappa shape index (κ1) is 24.5. The largest absolute Gasteiger partial charge is 0.481 e. The third kappa shape index (κ3) is 5.79. The van der Waals surface area contributed by atoms with Crippen molar-refractivity contribution in [2.45, 2.75) is 43.5 Å². The Morgan fingerprint density at radius 3 is 2.69 bits per heavy atom. The normalized spacial score (nSPS) is 21.2. The van der Waals surface area contributed by atoms with Crippen LogP contribution in [0.2, 0.25) is 0 Å². The van der Waals surface area contributed by atoms with Crippen molar-refractivity contribution in [3.8, 4) is 0 Å². The van der Waals surface area contributed by atoms with E-state index in [0.717, 1.165) is 30.5 Å². The van der Waals surface area contributed by atoms with Crippen molar-refractivity contribution in [3.05, 3.63) is 59.2 Å². The lowest BCUT2D eigenvalue weighted by Crippen LogP contribution is -2.42. The molecule has 1 saturated heterocycles. The quantitative estimate of drug-likeness (QED) is 0.559. The van der Waals surface area contributed by atoms with E-state index in [1.54, 1.807) is 29.1 Å². The van der Waals surface area contributed by atoms with Gasteiger partial charge in [0.2, 0.25) is 0 Å². The third-order valence-corrected chi connectivity index (χ3v) is 6.46. The summed E-state index contributed by atoms with van der Waals surface area (Å²) in [4.78, 5) is 25.9. The number of piperidine rings is 1. The van der Waals surface area contributed by atoms with Gasteiger partial charge < -0.3 is 5.11 Å². The van der Waals surface area contributed by atoms with Crippen LogP contribution in [0.25, 0.3) is 6.08 Å². The maximum Gasteiger partial charge on any atom is 0.305 e. The number of hydrogen-bond acceptors (Lipinski definition) is 5. The maximum atomic E-state index is 14.6. The third-order valence-electron chi connectivity index (χ3n) is 5.87.